The van der Waals surface area contributed by atoms with Gasteiger partial charge >= 0.3 is 6.18 Å². The average molecular weight is 242 g/mol. The van der Waals surface area contributed by atoms with Gasteiger partial charge in [-0.25, -0.2) is 5.01 Å². The van der Waals surface area contributed by atoms with Crippen LogP contribution in [0.2, 0.25) is 0 Å². The maximum Gasteiger partial charge on any atom is 0.408 e. The highest BCUT2D eigenvalue weighted by Gasteiger charge is 2.36. The largest absolute Gasteiger partial charge is 0.408 e. The van der Waals surface area contributed by atoms with Crippen molar-refractivity contribution in [3.63, 3.8) is 0 Å². The number of carbonyl (C=O) groups excluding carboxylic acids is 1. The van der Waals surface area contributed by atoms with Gasteiger partial charge in [-0.1, -0.05) is 30.3 Å². The zero-order chi connectivity index (χ0) is 12.5. The van der Waals surface area contributed by atoms with Crippen LogP contribution in [-0.2, 0) is 4.79 Å². The Bertz CT molecular complexity index is 454. The van der Waals surface area contributed by atoms with Crippen molar-refractivity contribution in [3.8, 4) is 0 Å². The van der Waals surface area contributed by atoms with Crippen LogP contribution >= 0.6 is 0 Å². The second-order valence-corrected chi connectivity index (χ2v) is 3.66. The van der Waals surface area contributed by atoms with Crippen LogP contribution in [0.15, 0.2) is 35.4 Å². The monoisotopic (exact) mass is 242 g/mol. The van der Waals surface area contributed by atoms with Crippen molar-refractivity contribution in [1.82, 2.24) is 5.01 Å². The molecule has 1 heterocycles. The van der Waals surface area contributed by atoms with E-state index in [-0.39, 0.29) is 6.42 Å². The molecule has 90 valence electrons. The summed E-state index contributed by atoms with van der Waals surface area (Å²) in [6.45, 7) is -1.33. The molecule has 0 spiro atoms. The van der Waals surface area contributed by atoms with Gasteiger partial charge in [0.2, 0.25) is 5.91 Å². The van der Waals surface area contributed by atoms with Crippen LogP contribution in [0, 0.1) is 0 Å². The molecule has 0 unspecified atom stereocenters. The number of nitrogens with zero attached hydrogens (tertiary/aromatic N) is 2. The Hall–Kier alpha value is -1.85. The number of hydrazone groups is 1. The maximum atomic E-state index is 12.1. The van der Waals surface area contributed by atoms with Crippen LogP contribution in [-0.4, -0.2) is 29.3 Å². The van der Waals surface area contributed by atoms with Crippen LogP contribution in [0.3, 0.4) is 0 Å². The van der Waals surface area contributed by atoms with E-state index in [9.17, 15) is 18.0 Å². The molecule has 6 heteroatoms. The standard InChI is InChI=1S/C11H9F3N2O/c12-11(13,14)7-16-10(17)6-9(15-16)8-4-2-1-3-5-8/h1-5H,6-7H2. The SMILES string of the molecule is O=C1CC(c2ccccc2)=NN1CC(F)(F)F. The molecule has 0 bridgehead atoms. The third kappa shape index (κ3) is 2.83. The number of carbonyl (C=O) groups is 1. The van der Waals surface area contributed by atoms with E-state index in [2.05, 4.69) is 5.10 Å². The molecule has 17 heavy (non-hydrogen) atoms. The molecular formula is C11H9F3N2O. The van der Waals surface area contributed by atoms with E-state index in [1.165, 1.54) is 0 Å². The highest BCUT2D eigenvalue weighted by atomic mass is 19.4. The highest BCUT2D eigenvalue weighted by molar-refractivity contribution is 6.13. The fraction of sp³-hybridized carbons (Fsp3) is 0.273. The number of benzene rings is 1. The van der Waals surface area contributed by atoms with Gasteiger partial charge in [-0.3, -0.25) is 4.79 Å². The van der Waals surface area contributed by atoms with E-state index < -0.39 is 18.6 Å². The van der Waals surface area contributed by atoms with Gasteiger partial charge in [-0.05, 0) is 5.56 Å². The zero-order valence-corrected chi connectivity index (χ0v) is 8.74. The smallest absolute Gasteiger partial charge is 0.273 e. The minimum atomic E-state index is -4.43. The molecule has 1 amide bonds. The van der Waals surface area contributed by atoms with Crippen molar-refractivity contribution in [2.24, 2.45) is 5.10 Å². The van der Waals surface area contributed by atoms with Crippen LogP contribution in [0.1, 0.15) is 12.0 Å². The van der Waals surface area contributed by atoms with Crippen molar-refractivity contribution in [1.29, 1.82) is 0 Å². The van der Waals surface area contributed by atoms with Gasteiger partial charge in [0.1, 0.15) is 6.54 Å². The summed E-state index contributed by atoms with van der Waals surface area (Å²) in [7, 11) is 0. The van der Waals surface area contributed by atoms with E-state index in [0.717, 1.165) is 0 Å². The molecule has 0 atom stereocenters. The fourth-order valence-electron chi connectivity index (χ4n) is 1.56. The number of rotatable bonds is 2. The lowest BCUT2D eigenvalue weighted by Crippen LogP contribution is -2.32. The van der Waals surface area contributed by atoms with Gasteiger partial charge in [-0.2, -0.15) is 18.3 Å². The van der Waals surface area contributed by atoms with Gasteiger partial charge in [0.05, 0.1) is 12.1 Å². The van der Waals surface area contributed by atoms with Crippen LogP contribution in [0.5, 0.6) is 0 Å². The lowest BCUT2D eigenvalue weighted by Gasteiger charge is -2.13. The molecule has 0 fully saturated rings. The molecule has 0 saturated carbocycles. The first-order valence-electron chi connectivity index (χ1n) is 4.96. The second kappa shape index (κ2) is 4.20. The third-order valence-electron chi connectivity index (χ3n) is 2.28. The summed E-state index contributed by atoms with van der Waals surface area (Å²) >= 11 is 0. The summed E-state index contributed by atoms with van der Waals surface area (Å²) in [5, 5.41) is 4.18. The van der Waals surface area contributed by atoms with Crippen LogP contribution < -0.4 is 0 Å². The number of amides is 1. The van der Waals surface area contributed by atoms with Crippen molar-refractivity contribution >= 4 is 11.6 Å². The normalized spacial score (nSPS) is 16.3. The average Bonchev–Trinajstić information content (AvgIpc) is 2.59. The van der Waals surface area contributed by atoms with Gasteiger partial charge in [-0.15, -0.1) is 0 Å². The first-order chi connectivity index (χ1) is 7.96. The van der Waals surface area contributed by atoms with Crippen molar-refractivity contribution in [3.05, 3.63) is 35.9 Å². The molecule has 1 aliphatic rings. The third-order valence-corrected chi connectivity index (χ3v) is 2.28. The van der Waals surface area contributed by atoms with Crippen LogP contribution in [0.25, 0.3) is 0 Å². The van der Waals surface area contributed by atoms with E-state index in [1.807, 2.05) is 0 Å². The van der Waals surface area contributed by atoms with Crippen molar-refractivity contribution < 1.29 is 18.0 Å². The Morgan fingerprint density at radius 3 is 2.47 bits per heavy atom. The van der Waals surface area contributed by atoms with E-state index >= 15 is 0 Å². The molecule has 1 aromatic carbocycles. The number of hydrogen-bond acceptors (Lipinski definition) is 2. The van der Waals surface area contributed by atoms with Gasteiger partial charge in [0.25, 0.3) is 0 Å². The predicted molar refractivity (Wildman–Crippen MR) is 55.4 cm³/mol. The summed E-state index contributed by atoms with van der Waals surface area (Å²) in [5.74, 6) is -0.624. The molecule has 0 N–H and O–H groups in total. The molecule has 1 aliphatic heterocycles. The summed E-state index contributed by atoms with van der Waals surface area (Å²) < 4.78 is 36.4. The van der Waals surface area contributed by atoms with Gasteiger partial charge in [0.15, 0.2) is 0 Å². The number of halogens is 3. The number of hydrogen-bond donors (Lipinski definition) is 0. The van der Waals surface area contributed by atoms with E-state index in [4.69, 9.17) is 0 Å². The molecule has 0 aromatic heterocycles. The Kier molecular flexibility index (Phi) is 2.87. The molecule has 2 rings (SSSR count). The minimum absolute atomic E-state index is 0.0832. The summed E-state index contributed by atoms with van der Waals surface area (Å²) in [6.07, 6.45) is -4.51. The lowest BCUT2D eigenvalue weighted by molar-refractivity contribution is -0.159. The summed E-state index contributed by atoms with van der Waals surface area (Å²) in [5.41, 5.74) is 1.05. The van der Waals surface area contributed by atoms with Crippen molar-refractivity contribution in [2.75, 3.05) is 6.54 Å². The predicted octanol–water partition coefficient (Wildman–Crippen LogP) is 2.19. The van der Waals surface area contributed by atoms with Crippen molar-refractivity contribution in [2.45, 2.75) is 12.6 Å². The Morgan fingerprint density at radius 2 is 1.88 bits per heavy atom. The number of alkyl halides is 3. The second-order valence-electron chi connectivity index (χ2n) is 3.66. The maximum absolute atomic E-state index is 12.1. The molecule has 0 aliphatic carbocycles. The molecular weight excluding hydrogens is 233 g/mol. The van der Waals surface area contributed by atoms with E-state index in [0.29, 0.717) is 16.3 Å². The summed E-state index contributed by atoms with van der Waals surface area (Å²) in [4.78, 5) is 11.3. The lowest BCUT2D eigenvalue weighted by atomic mass is 10.1. The minimum Gasteiger partial charge on any atom is -0.273 e. The first kappa shape index (κ1) is 11.6. The summed E-state index contributed by atoms with van der Waals surface area (Å²) in [6, 6.07) is 8.70. The molecule has 0 radical (unpaired) electrons. The quantitative estimate of drug-likeness (QED) is 0.782. The van der Waals surface area contributed by atoms with Crippen LogP contribution in [0.4, 0.5) is 13.2 Å². The Balaban J connectivity index is 2.18. The fourth-order valence-corrected chi connectivity index (χ4v) is 1.56. The van der Waals surface area contributed by atoms with Gasteiger partial charge in [0, 0.05) is 0 Å². The molecule has 0 saturated heterocycles. The Labute approximate surface area is 95.5 Å². The highest BCUT2D eigenvalue weighted by Crippen LogP contribution is 2.21. The zero-order valence-electron chi connectivity index (χ0n) is 8.74. The Morgan fingerprint density at radius 1 is 1.24 bits per heavy atom. The topological polar surface area (TPSA) is 32.7 Å². The first-order valence-corrected chi connectivity index (χ1v) is 4.96. The van der Waals surface area contributed by atoms with Gasteiger partial charge < -0.3 is 0 Å². The molecule has 3 nitrogen and oxygen atoms in total. The molecule has 1 aromatic rings. The van der Waals surface area contributed by atoms with E-state index in [1.54, 1.807) is 30.3 Å².